The first-order chi connectivity index (χ1) is 14.9. The van der Waals surface area contributed by atoms with Crippen LogP contribution >= 0.6 is 0 Å². The van der Waals surface area contributed by atoms with E-state index in [2.05, 4.69) is 26.3 Å². The smallest absolute Gasteiger partial charge is 0.354 e. The highest BCUT2D eigenvalue weighted by Gasteiger charge is 2.38. The van der Waals surface area contributed by atoms with E-state index in [1.54, 1.807) is 42.5 Å². The fourth-order valence-corrected chi connectivity index (χ4v) is 3.58. The lowest BCUT2D eigenvalue weighted by molar-refractivity contribution is -0.145. The second-order valence-corrected chi connectivity index (χ2v) is 6.84. The lowest BCUT2D eigenvalue weighted by Crippen LogP contribution is -2.13. The Kier molecular flexibility index (Phi) is 3.98. The van der Waals surface area contributed by atoms with Crippen LogP contribution in [0.1, 0.15) is 27.4 Å². The van der Waals surface area contributed by atoms with E-state index in [1.807, 2.05) is 0 Å². The van der Waals surface area contributed by atoms with Crippen molar-refractivity contribution < 1.29 is 18.0 Å². The van der Waals surface area contributed by atoms with Gasteiger partial charge >= 0.3 is 6.18 Å². The molecule has 0 aliphatic heterocycles. The number of rotatable bonds is 2. The van der Waals surface area contributed by atoms with Gasteiger partial charge in [-0.15, -0.1) is 0 Å². The van der Waals surface area contributed by atoms with Gasteiger partial charge in [0.2, 0.25) is 11.6 Å². The number of pyridine rings is 1. The molecule has 1 aliphatic carbocycles. The molecule has 0 saturated heterocycles. The van der Waals surface area contributed by atoms with E-state index in [-0.39, 0.29) is 16.8 Å². The zero-order chi connectivity index (χ0) is 21.8. The highest BCUT2D eigenvalue weighted by Crippen LogP contribution is 2.41. The minimum absolute atomic E-state index is 0.172. The molecule has 0 amide bonds. The summed E-state index contributed by atoms with van der Waals surface area (Å²) in [6.07, 6.45) is -2.39. The number of hydrogen-bond acceptors (Lipinski definition) is 6. The largest absolute Gasteiger partial charge is 0.451 e. The summed E-state index contributed by atoms with van der Waals surface area (Å²) >= 11 is 0. The van der Waals surface area contributed by atoms with Crippen LogP contribution in [-0.2, 0) is 6.18 Å². The predicted molar refractivity (Wildman–Crippen MR) is 106 cm³/mol. The van der Waals surface area contributed by atoms with Crippen molar-refractivity contribution in [2.24, 2.45) is 0 Å². The van der Waals surface area contributed by atoms with E-state index in [4.69, 9.17) is 0 Å². The first-order valence-electron chi connectivity index (χ1n) is 9.05. The topological polar surface area (TPSA) is 91.6 Å². The molecule has 0 fully saturated rings. The summed E-state index contributed by atoms with van der Waals surface area (Å²) < 4.78 is 39.0. The summed E-state index contributed by atoms with van der Waals surface area (Å²) in [5.41, 5.74) is 2.78. The number of fused-ring (bicyclic) bond motifs is 5. The van der Waals surface area contributed by atoms with Gasteiger partial charge in [0.1, 0.15) is 11.8 Å². The van der Waals surface area contributed by atoms with Gasteiger partial charge in [0.05, 0.1) is 22.3 Å². The second kappa shape index (κ2) is 6.60. The van der Waals surface area contributed by atoms with Crippen LogP contribution in [0.15, 0.2) is 54.9 Å². The summed E-state index contributed by atoms with van der Waals surface area (Å²) in [5, 5.41) is 13.0. The quantitative estimate of drug-likeness (QED) is 0.441. The van der Waals surface area contributed by atoms with Gasteiger partial charge in [0.25, 0.3) is 0 Å². The van der Waals surface area contributed by atoms with Crippen molar-refractivity contribution in [2.45, 2.75) is 6.18 Å². The van der Waals surface area contributed by atoms with Crippen molar-refractivity contribution in [3.63, 3.8) is 0 Å². The van der Waals surface area contributed by atoms with Crippen LogP contribution in [0.3, 0.4) is 0 Å². The van der Waals surface area contributed by atoms with E-state index in [0.29, 0.717) is 33.4 Å². The second-order valence-electron chi connectivity index (χ2n) is 6.84. The molecule has 2 aromatic carbocycles. The van der Waals surface area contributed by atoms with Crippen molar-refractivity contribution in [2.75, 3.05) is 5.32 Å². The lowest BCUT2D eigenvalue weighted by Gasteiger charge is -2.11. The SMILES string of the molecule is N#Cc1ccccc1Nc1ccc2ncc3c(c2c1)-c1cnc(C(F)(F)F)nc1C3=O. The van der Waals surface area contributed by atoms with Crippen molar-refractivity contribution in [1.29, 1.82) is 5.26 Å². The number of hydrogen-bond donors (Lipinski definition) is 1. The molecule has 1 aliphatic rings. The number of carbonyl (C=O) groups excluding carboxylic acids is 1. The number of aromatic nitrogens is 3. The average Bonchev–Trinajstić information content (AvgIpc) is 3.05. The van der Waals surface area contributed by atoms with Crippen molar-refractivity contribution in [3.8, 4) is 17.2 Å². The van der Waals surface area contributed by atoms with Gasteiger partial charge in [0, 0.05) is 34.6 Å². The Hall–Kier alpha value is -4.32. The molecule has 0 radical (unpaired) electrons. The van der Waals surface area contributed by atoms with Gasteiger partial charge in [-0.05, 0) is 30.3 Å². The number of nitriles is 1. The van der Waals surface area contributed by atoms with Crippen LogP contribution < -0.4 is 5.32 Å². The van der Waals surface area contributed by atoms with Crippen LogP contribution in [-0.4, -0.2) is 20.7 Å². The first kappa shape index (κ1) is 18.7. The molecule has 9 heteroatoms. The molecule has 0 spiro atoms. The molecule has 6 nitrogen and oxygen atoms in total. The monoisotopic (exact) mass is 417 g/mol. The maximum Gasteiger partial charge on any atom is 0.451 e. The zero-order valence-electron chi connectivity index (χ0n) is 15.5. The third-order valence-corrected chi connectivity index (χ3v) is 4.97. The number of para-hydroxylation sites is 1. The van der Waals surface area contributed by atoms with Crippen LogP contribution in [0.25, 0.3) is 22.0 Å². The standard InChI is InChI=1S/C22H10F3N5O/c23-22(24,25)21-28-9-14-18-13-7-12(29-16-4-2-1-3-11(16)8-26)5-6-17(13)27-10-15(18)20(31)19(14)30-21/h1-7,9-10,29H. The Bertz CT molecular complexity index is 1440. The molecular weight excluding hydrogens is 407 g/mol. The molecule has 4 aromatic rings. The third kappa shape index (κ3) is 2.97. The zero-order valence-corrected chi connectivity index (χ0v) is 15.5. The van der Waals surface area contributed by atoms with E-state index in [0.717, 1.165) is 6.20 Å². The molecule has 1 N–H and O–H groups in total. The van der Waals surface area contributed by atoms with Gasteiger partial charge in [-0.2, -0.15) is 18.4 Å². The van der Waals surface area contributed by atoms with Gasteiger partial charge < -0.3 is 5.32 Å². The number of alkyl halides is 3. The van der Waals surface area contributed by atoms with Crippen molar-refractivity contribution in [3.05, 3.63) is 77.5 Å². The van der Waals surface area contributed by atoms with Crippen LogP contribution in [0.2, 0.25) is 0 Å². The van der Waals surface area contributed by atoms with Crippen molar-refractivity contribution >= 4 is 28.1 Å². The Balaban J connectivity index is 1.67. The molecule has 150 valence electrons. The number of anilines is 2. The average molecular weight is 417 g/mol. The van der Waals surface area contributed by atoms with Gasteiger partial charge in [-0.1, -0.05) is 12.1 Å². The Morgan fingerprint density at radius 1 is 1.00 bits per heavy atom. The molecule has 2 aromatic heterocycles. The molecule has 5 rings (SSSR count). The number of carbonyl (C=O) groups is 1. The minimum Gasteiger partial charge on any atom is -0.354 e. The number of ketones is 1. The number of nitrogens with zero attached hydrogens (tertiary/aromatic N) is 4. The van der Waals surface area contributed by atoms with Gasteiger partial charge in [-0.3, -0.25) is 9.78 Å². The Morgan fingerprint density at radius 3 is 2.55 bits per heavy atom. The molecule has 2 heterocycles. The van der Waals surface area contributed by atoms with Gasteiger partial charge in [-0.25, -0.2) is 9.97 Å². The third-order valence-electron chi connectivity index (χ3n) is 4.97. The summed E-state index contributed by atoms with van der Waals surface area (Å²) in [6, 6.07) is 14.3. The highest BCUT2D eigenvalue weighted by atomic mass is 19.4. The van der Waals surface area contributed by atoms with Gasteiger partial charge in [0.15, 0.2) is 0 Å². The van der Waals surface area contributed by atoms with E-state index in [1.165, 1.54) is 6.20 Å². The fourth-order valence-electron chi connectivity index (χ4n) is 3.58. The van der Waals surface area contributed by atoms with E-state index >= 15 is 0 Å². The Morgan fingerprint density at radius 2 is 1.77 bits per heavy atom. The summed E-state index contributed by atoms with van der Waals surface area (Å²) in [4.78, 5) is 23.9. The van der Waals surface area contributed by atoms with Crippen LogP contribution in [0.5, 0.6) is 0 Å². The molecule has 31 heavy (non-hydrogen) atoms. The maximum atomic E-state index is 13.0. The molecule has 0 unspecified atom stereocenters. The van der Waals surface area contributed by atoms with E-state index in [9.17, 15) is 23.2 Å². The lowest BCUT2D eigenvalue weighted by atomic mass is 10.0. The molecule has 0 saturated carbocycles. The normalized spacial score (nSPS) is 12.4. The maximum absolute atomic E-state index is 13.0. The fraction of sp³-hybridized carbons (Fsp3) is 0.0455. The summed E-state index contributed by atoms with van der Waals surface area (Å²) in [7, 11) is 0. The Labute approximate surface area is 173 Å². The molecular formula is C22H10F3N5O. The van der Waals surface area contributed by atoms with E-state index < -0.39 is 17.8 Å². The number of benzene rings is 2. The summed E-state index contributed by atoms with van der Waals surface area (Å²) in [6.45, 7) is 0. The van der Waals surface area contributed by atoms with Crippen LogP contribution in [0.4, 0.5) is 24.5 Å². The first-order valence-corrected chi connectivity index (χ1v) is 9.05. The number of nitrogens with one attached hydrogen (secondary N) is 1. The van der Waals surface area contributed by atoms with Crippen LogP contribution in [0, 0.1) is 11.3 Å². The predicted octanol–water partition coefficient (Wildman–Crippen LogP) is 4.87. The highest BCUT2D eigenvalue weighted by molar-refractivity contribution is 6.24. The van der Waals surface area contributed by atoms with Crippen molar-refractivity contribution in [1.82, 2.24) is 15.0 Å². The molecule has 0 atom stereocenters. The minimum atomic E-state index is -4.75. The number of halogens is 3. The summed E-state index contributed by atoms with van der Waals surface area (Å²) in [5.74, 6) is -1.99. The molecule has 0 bridgehead atoms.